The van der Waals surface area contributed by atoms with Gasteiger partial charge in [0, 0.05) is 11.6 Å². The van der Waals surface area contributed by atoms with Crippen LogP contribution in [0, 0.1) is 0 Å². The molecule has 1 saturated heterocycles. The van der Waals surface area contributed by atoms with Gasteiger partial charge in [-0.3, -0.25) is 0 Å². The maximum atomic E-state index is 9.38. The van der Waals surface area contributed by atoms with Crippen molar-refractivity contribution in [2.24, 2.45) is 0 Å². The van der Waals surface area contributed by atoms with E-state index in [0.717, 1.165) is 31.4 Å². The van der Waals surface area contributed by atoms with Crippen LogP contribution < -0.4 is 0 Å². The zero-order valence-corrected chi connectivity index (χ0v) is 10.4. The summed E-state index contributed by atoms with van der Waals surface area (Å²) in [5, 5.41) is 10.0. The minimum atomic E-state index is -0.364. The van der Waals surface area contributed by atoms with Gasteiger partial charge in [0.15, 0.2) is 6.29 Å². The zero-order chi connectivity index (χ0) is 12.1. The minimum Gasteiger partial charge on any atom is -0.393 e. The van der Waals surface area contributed by atoms with Crippen molar-refractivity contribution in [3.05, 3.63) is 34.9 Å². The van der Waals surface area contributed by atoms with Crippen LogP contribution in [0.3, 0.4) is 0 Å². The van der Waals surface area contributed by atoms with Crippen molar-refractivity contribution in [1.82, 2.24) is 0 Å². The summed E-state index contributed by atoms with van der Waals surface area (Å²) < 4.78 is 11.2. The van der Waals surface area contributed by atoms with Crippen molar-refractivity contribution in [3.8, 4) is 0 Å². The van der Waals surface area contributed by atoms with E-state index in [4.69, 9.17) is 21.1 Å². The number of halogens is 1. The average Bonchev–Trinajstić information content (AvgIpc) is 2.37. The first-order valence-electron chi connectivity index (χ1n) is 5.93. The van der Waals surface area contributed by atoms with Gasteiger partial charge in [0.05, 0.1) is 6.61 Å². The molecular weight excluding hydrogens is 240 g/mol. The topological polar surface area (TPSA) is 38.7 Å². The molecule has 0 unspecified atom stereocenters. The Hall–Kier alpha value is -0.610. The lowest BCUT2D eigenvalue weighted by Gasteiger charge is -2.27. The Kier molecular flexibility index (Phi) is 4.80. The molecule has 0 spiro atoms. The molecule has 3 nitrogen and oxygen atoms in total. The monoisotopic (exact) mass is 256 g/mol. The van der Waals surface area contributed by atoms with Crippen molar-refractivity contribution in [2.75, 3.05) is 13.2 Å². The van der Waals surface area contributed by atoms with Crippen molar-refractivity contribution in [1.29, 1.82) is 0 Å². The number of benzene rings is 1. The quantitative estimate of drug-likeness (QED) is 0.900. The third-order valence-corrected chi connectivity index (χ3v) is 3.08. The Labute approximate surface area is 106 Å². The number of hydrogen-bond donors (Lipinski definition) is 1. The summed E-state index contributed by atoms with van der Waals surface area (Å²) in [5.74, 6) is 0. The van der Waals surface area contributed by atoms with Gasteiger partial charge in [0.25, 0.3) is 0 Å². The highest BCUT2D eigenvalue weighted by Crippen LogP contribution is 2.25. The van der Waals surface area contributed by atoms with E-state index in [-0.39, 0.29) is 19.0 Å². The lowest BCUT2D eigenvalue weighted by Crippen LogP contribution is -2.25. The van der Waals surface area contributed by atoms with E-state index in [9.17, 15) is 5.11 Å². The number of hydrogen-bond acceptors (Lipinski definition) is 3. The van der Waals surface area contributed by atoms with Crippen LogP contribution in [0.4, 0.5) is 0 Å². The molecule has 1 N–H and O–H groups in total. The van der Waals surface area contributed by atoms with Crippen molar-refractivity contribution >= 4 is 11.6 Å². The van der Waals surface area contributed by atoms with E-state index in [1.807, 2.05) is 18.2 Å². The zero-order valence-electron chi connectivity index (χ0n) is 9.64. The second-order valence-electron chi connectivity index (χ2n) is 4.16. The summed E-state index contributed by atoms with van der Waals surface area (Å²) >= 11 is 5.92. The highest BCUT2D eigenvalue weighted by atomic mass is 35.5. The predicted octanol–water partition coefficient (Wildman–Crippen LogP) is 2.92. The second-order valence-corrected chi connectivity index (χ2v) is 4.59. The molecule has 0 amide bonds. The molecule has 0 aromatic heterocycles. The van der Waals surface area contributed by atoms with Gasteiger partial charge in [0.1, 0.15) is 6.10 Å². The van der Waals surface area contributed by atoms with Crippen LogP contribution in [0.15, 0.2) is 24.3 Å². The van der Waals surface area contributed by atoms with Crippen LogP contribution in [-0.4, -0.2) is 24.6 Å². The SMILES string of the molecule is OC[C@H](O[C@H]1CCCCO1)c1cccc(Cl)c1. The largest absolute Gasteiger partial charge is 0.393 e. The summed E-state index contributed by atoms with van der Waals surface area (Å²) in [6, 6.07) is 7.36. The fourth-order valence-electron chi connectivity index (χ4n) is 1.94. The van der Waals surface area contributed by atoms with Crippen LogP contribution in [0.25, 0.3) is 0 Å². The van der Waals surface area contributed by atoms with Gasteiger partial charge < -0.3 is 14.6 Å². The van der Waals surface area contributed by atoms with Gasteiger partial charge in [-0.2, -0.15) is 0 Å². The molecular formula is C13H17ClO3. The molecule has 4 heteroatoms. The van der Waals surface area contributed by atoms with Crippen molar-refractivity contribution < 1.29 is 14.6 Å². The van der Waals surface area contributed by atoms with Crippen LogP contribution in [0.1, 0.15) is 30.9 Å². The Bertz CT molecular complexity index is 350. The molecule has 1 aliphatic heterocycles. The third-order valence-electron chi connectivity index (χ3n) is 2.84. The summed E-state index contributed by atoms with van der Waals surface area (Å²) in [4.78, 5) is 0. The first kappa shape index (κ1) is 12.8. The maximum Gasteiger partial charge on any atom is 0.158 e. The highest BCUT2D eigenvalue weighted by molar-refractivity contribution is 6.30. The summed E-state index contributed by atoms with van der Waals surface area (Å²) in [6.45, 7) is 0.665. The lowest BCUT2D eigenvalue weighted by molar-refractivity contribution is -0.196. The summed E-state index contributed by atoms with van der Waals surface area (Å²) in [7, 11) is 0. The van der Waals surface area contributed by atoms with E-state index in [2.05, 4.69) is 0 Å². The van der Waals surface area contributed by atoms with E-state index < -0.39 is 0 Å². The van der Waals surface area contributed by atoms with Crippen molar-refractivity contribution in [2.45, 2.75) is 31.7 Å². The molecule has 94 valence electrons. The molecule has 0 radical (unpaired) electrons. The summed E-state index contributed by atoms with van der Waals surface area (Å²) in [6.07, 6.45) is 2.51. The Morgan fingerprint density at radius 3 is 3.00 bits per heavy atom. The smallest absolute Gasteiger partial charge is 0.158 e. The molecule has 1 aromatic carbocycles. The molecule has 1 aromatic rings. The number of aliphatic hydroxyl groups excluding tert-OH is 1. The van der Waals surface area contributed by atoms with Gasteiger partial charge in [-0.05, 0) is 37.0 Å². The second kappa shape index (κ2) is 6.36. The van der Waals surface area contributed by atoms with Crippen molar-refractivity contribution in [3.63, 3.8) is 0 Å². The molecule has 1 fully saturated rings. The molecule has 17 heavy (non-hydrogen) atoms. The van der Waals surface area contributed by atoms with Crippen LogP contribution in [-0.2, 0) is 9.47 Å². The lowest BCUT2D eigenvalue weighted by atomic mass is 10.1. The summed E-state index contributed by atoms with van der Waals surface area (Å²) in [5.41, 5.74) is 0.883. The predicted molar refractivity (Wildman–Crippen MR) is 66.0 cm³/mol. The highest BCUT2D eigenvalue weighted by Gasteiger charge is 2.20. The Morgan fingerprint density at radius 2 is 2.35 bits per heavy atom. The van der Waals surface area contributed by atoms with Gasteiger partial charge in [-0.15, -0.1) is 0 Å². The fourth-order valence-corrected chi connectivity index (χ4v) is 2.13. The molecule has 0 bridgehead atoms. The standard InChI is InChI=1S/C13H17ClO3/c14-11-5-3-4-10(8-11)12(9-15)17-13-6-1-2-7-16-13/h3-5,8,12-13,15H,1-2,6-7,9H2/t12-,13-/m0/s1. The molecule has 2 atom stereocenters. The molecule has 0 saturated carbocycles. The van der Waals surface area contributed by atoms with E-state index in [1.54, 1.807) is 6.07 Å². The Balaban J connectivity index is 2.00. The molecule has 1 heterocycles. The minimum absolute atomic E-state index is 0.0692. The van der Waals surface area contributed by atoms with Crippen LogP contribution in [0.5, 0.6) is 0 Å². The van der Waals surface area contributed by atoms with Crippen LogP contribution in [0.2, 0.25) is 5.02 Å². The first-order valence-corrected chi connectivity index (χ1v) is 6.31. The number of ether oxygens (including phenoxy) is 2. The number of aliphatic hydroxyl groups is 1. The van der Waals surface area contributed by atoms with Gasteiger partial charge in [0.2, 0.25) is 0 Å². The van der Waals surface area contributed by atoms with Gasteiger partial charge in [-0.25, -0.2) is 0 Å². The van der Waals surface area contributed by atoms with E-state index >= 15 is 0 Å². The maximum absolute atomic E-state index is 9.38. The molecule has 0 aliphatic carbocycles. The third kappa shape index (κ3) is 3.68. The van der Waals surface area contributed by atoms with Crippen LogP contribution >= 0.6 is 11.6 Å². The Morgan fingerprint density at radius 1 is 1.47 bits per heavy atom. The normalized spacial score (nSPS) is 22.4. The van der Waals surface area contributed by atoms with Gasteiger partial charge in [-0.1, -0.05) is 23.7 Å². The van der Waals surface area contributed by atoms with Gasteiger partial charge >= 0.3 is 0 Å². The average molecular weight is 257 g/mol. The van der Waals surface area contributed by atoms with E-state index in [1.165, 1.54) is 0 Å². The first-order chi connectivity index (χ1) is 8.29. The number of rotatable bonds is 4. The molecule has 1 aliphatic rings. The molecule has 2 rings (SSSR count). The fraction of sp³-hybridized carbons (Fsp3) is 0.538. The van der Waals surface area contributed by atoms with E-state index in [0.29, 0.717) is 5.02 Å².